The van der Waals surface area contributed by atoms with Gasteiger partial charge in [-0.1, -0.05) is 18.2 Å². The summed E-state index contributed by atoms with van der Waals surface area (Å²) in [6, 6.07) is 9.74. The first-order valence-corrected chi connectivity index (χ1v) is 8.21. The summed E-state index contributed by atoms with van der Waals surface area (Å²) < 4.78 is 5.69. The van der Waals surface area contributed by atoms with E-state index in [1.54, 1.807) is 0 Å². The second-order valence-corrected chi connectivity index (χ2v) is 6.06. The topological polar surface area (TPSA) is 67.2 Å². The minimum Gasteiger partial charge on any atom is -0.441 e. The van der Waals surface area contributed by atoms with E-state index in [1.165, 1.54) is 6.42 Å². The Bertz CT molecular complexity index is 656. The molecule has 7 heteroatoms. The molecule has 1 fully saturated rings. The number of hydrogen-bond donors (Lipinski definition) is 2. The lowest BCUT2D eigenvalue weighted by atomic mass is 10.1. The number of benzene rings is 1. The molecular weight excluding hydrogens is 361 g/mol. The van der Waals surface area contributed by atoms with Crippen LogP contribution >= 0.6 is 24.8 Å². The molecule has 1 aliphatic rings. The molecule has 1 saturated heterocycles. The molecule has 1 unspecified atom stereocenters. The number of aryl methyl sites for hydroxylation is 1. The SMILES string of the molecule is Cc1oc(-c2ccccc2)nc1CC(=O)NCCC1CCNC1.Cl.Cl. The van der Waals surface area contributed by atoms with Crippen LogP contribution in [0.1, 0.15) is 24.3 Å². The van der Waals surface area contributed by atoms with Crippen LogP contribution in [0.5, 0.6) is 0 Å². The van der Waals surface area contributed by atoms with Gasteiger partial charge >= 0.3 is 0 Å². The van der Waals surface area contributed by atoms with E-state index in [-0.39, 0.29) is 37.1 Å². The quantitative estimate of drug-likeness (QED) is 0.801. The minimum absolute atomic E-state index is 0. The maximum Gasteiger partial charge on any atom is 0.226 e. The summed E-state index contributed by atoms with van der Waals surface area (Å²) in [5.41, 5.74) is 1.64. The maximum atomic E-state index is 12.1. The van der Waals surface area contributed by atoms with Crippen LogP contribution in [-0.2, 0) is 11.2 Å². The lowest BCUT2D eigenvalue weighted by Gasteiger charge is -2.08. The summed E-state index contributed by atoms with van der Waals surface area (Å²) in [4.78, 5) is 16.5. The molecule has 1 amide bonds. The van der Waals surface area contributed by atoms with E-state index < -0.39 is 0 Å². The van der Waals surface area contributed by atoms with Gasteiger partial charge in [0.1, 0.15) is 5.76 Å². The van der Waals surface area contributed by atoms with Gasteiger partial charge in [0.2, 0.25) is 11.8 Å². The predicted molar refractivity (Wildman–Crippen MR) is 103 cm³/mol. The van der Waals surface area contributed by atoms with E-state index in [4.69, 9.17) is 4.42 Å². The van der Waals surface area contributed by atoms with Gasteiger partial charge in [0.05, 0.1) is 12.1 Å². The van der Waals surface area contributed by atoms with Crippen LogP contribution in [-0.4, -0.2) is 30.5 Å². The zero-order valence-corrected chi connectivity index (χ0v) is 15.9. The van der Waals surface area contributed by atoms with Gasteiger partial charge in [-0.15, -0.1) is 24.8 Å². The number of oxazole rings is 1. The summed E-state index contributed by atoms with van der Waals surface area (Å²) in [6.45, 7) is 4.75. The fourth-order valence-electron chi connectivity index (χ4n) is 2.89. The Hall–Kier alpha value is -1.56. The number of halogens is 2. The van der Waals surface area contributed by atoms with Crippen molar-refractivity contribution in [3.05, 3.63) is 41.8 Å². The van der Waals surface area contributed by atoms with Gasteiger partial charge in [-0.05, 0) is 50.9 Å². The summed E-state index contributed by atoms with van der Waals surface area (Å²) in [6.07, 6.45) is 2.51. The number of aromatic nitrogens is 1. The van der Waals surface area contributed by atoms with Crippen molar-refractivity contribution in [2.75, 3.05) is 19.6 Å². The fraction of sp³-hybridized carbons (Fsp3) is 0.444. The van der Waals surface area contributed by atoms with E-state index >= 15 is 0 Å². The van der Waals surface area contributed by atoms with Crippen molar-refractivity contribution in [1.29, 1.82) is 0 Å². The van der Waals surface area contributed by atoms with Crippen LogP contribution in [0.15, 0.2) is 34.7 Å². The number of carbonyl (C=O) groups is 1. The third-order valence-corrected chi connectivity index (χ3v) is 4.28. The Morgan fingerprint density at radius 2 is 2.08 bits per heavy atom. The number of nitrogens with zero attached hydrogens (tertiary/aromatic N) is 1. The molecule has 25 heavy (non-hydrogen) atoms. The van der Waals surface area contributed by atoms with Gasteiger partial charge in [0.15, 0.2) is 0 Å². The van der Waals surface area contributed by atoms with Gasteiger partial charge in [-0.2, -0.15) is 0 Å². The average Bonchev–Trinajstić information content (AvgIpc) is 3.19. The molecule has 138 valence electrons. The Kier molecular flexibility index (Phi) is 8.97. The van der Waals surface area contributed by atoms with Crippen LogP contribution in [0.2, 0.25) is 0 Å². The molecule has 0 bridgehead atoms. The van der Waals surface area contributed by atoms with Crippen molar-refractivity contribution in [2.45, 2.75) is 26.2 Å². The summed E-state index contributed by atoms with van der Waals surface area (Å²) >= 11 is 0. The number of carbonyl (C=O) groups excluding carboxylic acids is 1. The van der Waals surface area contributed by atoms with Gasteiger partial charge in [0, 0.05) is 12.1 Å². The standard InChI is InChI=1S/C18H23N3O2.2ClH/c1-13-16(21-18(23-13)15-5-3-2-4-6-15)11-17(22)20-10-8-14-7-9-19-12-14;;/h2-6,14,19H,7-12H2,1H3,(H,20,22);2*1H. The molecule has 0 aliphatic carbocycles. The monoisotopic (exact) mass is 385 g/mol. The lowest BCUT2D eigenvalue weighted by Crippen LogP contribution is -2.28. The first-order chi connectivity index (χ1) is 11.2. The number of rotatable bonds is 6. The molecule has 0 saturated carbocycles. The van der Waals surface area contributed by atoms with Gasteiger partial charge in [-0.25, -0.2) is 4.98 Å². The predicted octanol–water partition coefficient (Wildman–Crippen LogP) is 3.15. The fourth-order valence-corrected chi connectivity index (χ4v) is 2.89. The lowest BCUT2D eigenvalue weighted by molar-refractivity contribution is -0.120. The van der Waals surface area contributed by atoms with Crippen LogP contribution < -0.4 is 10.6 Å². The minimum atomic E-state index is 0. The molecule has 5 nitrogen and oxygen atoms in total. The highest BCUT2D eigenvalue weighted by atomic mass is 35.5. The highest BCUT2D eigenvalue weighted by Gasteiger charge is 2.16. The smallest absolute Gasteiger partial charge is 0.226 e. The number of amides is 1. The first kappa shape index (κ1) is 21.5. The summed E-state index contributed by atoms with van der Waals surface area (Å²) in [5.74, 6) is 1.97. The van der Waals surface area contributed by atoms with E-state index in [2.05, 4.69) is 15.6 Å². The third kappa shape index (κ3) is 6.03. The maximum absolute atomic E-state index is 12.1. The summed E-state index contributed by atoms with van der Waals surface area (Å²) in [5, 5.41) is 6.33. The van der Waals surface area contributed by atoms with Crippen LogP contribution in [0.4, 0.5) is 0 Å². The molecule has 2 heterocycles. The highest BCUT2D eigenvalue weighted by molar-refractivity contribution is 5.85. The van der Waals surface area contributed by atoms with Crippen molar-refractivity contribution in [3.63, 3.8) is 0 Å². The molecule has 2 aromatic rings. The van der Waals surface area contributed by atoms with Crippen molar-refractivity contribution in [1.82, 2.24) is 15.6 Å². The van der Waals surface area contributed by atoms with E-state index in [0.29, 0.717) is 23.3 Å². The van der Waals surface area contributed by atoms with Crippen LogP contribution in [0.25, 0.3) is 11.5 Å². The largest absolute Gasteiger partial charge is 0.441 e. The summed E-state index contributed by atoms with van der Waals surface area (Å²) in [7, 11) is 0. The molecule has 1 atom stereocenters. The Morgan fingerprint density at radius 1 is 1.32 bits per heavy atom. The van der Waals surface area contributed by atoms with Crippen molar-refractivity contribution >= 4 is 30.7 Å². The van der Waals surface area contributed by atoms with E-state index in [0.717, 1.165) is 31.6 Å². The normalized spacial score (nSPS) is 16.0. The second-order valence-electron chi connectivity index (χ2n) is 6.06. The van der Waals surface area contributed by atoms with Gasteiger partial charge in [-0.3, -0.25) is 4.79 Å². The van der Waals surface area contributed by atoms with Gasteiger partial charge < -0.3 is 15.1 Å². The molecular formula is C18H25Cl2N3O2. The third-order valence-electron chi connectivity index (χ3n) is 4.28. The average molecular weight is 386 g/mol. The molecule has 0 radical (unpaired) electrons. The molecule has 2 N–H and O–H groups in total. The Morgan fingerprint density at radius 3 is 2.76 bits per heavy atom. The van der Waals surface area contributed by atoms with E-state index in [1.807, 2.05) is 37.3 Å². The van der Waals surface area contributed by atoms with E-state index in [9.17, 15) is 4.79 Å². The van der Waals surface area contributed by atoms with Gasteiger partial charge in [0.25, 0.3) is 0 Å². The number of hydrogen-bond acceptors (Lipinski definition) is 4. The molecule has 1 aromatic heterocycles. The zero-order valence-electron chi connectivity index (χ0n) is 14.3. The van der Waals surface area contributed by atoms with Crippen LogP contribution in [0.3, 0.4) is 0 Å². The van der Waals surface area contributed by atoms with Crippen LogP contribution in [0, 0.1) is 12.8 Å². The van der Waals surface area contributed by atoms with Crippen molar-refractivity contribution in [2.24, 2.45) is 5.92 Å². The van der Waals surface area contributed by atoms with Crippen molar-refractivity contribution in [3.8, 4) is 11.5 Å². The highest BCUT2D eigenvalue weighted by Crippen LogP contribution is 2.21. The number of nitrogens with one attached hydrogen (secondary N) is 2. The zero-order chi connectivity index (χ0) is 16.1. The second kappa shape index (κ2) is 10.4. The first-order valence-electron chi connectivity index (χ1n) is 8.21. The van der Waals surface area contributed by atoms with Crippen molar-refractivity contribution < 1.29 is 9.21 Å². The Labute approximate surface area is 160 Å². The molecule has 3 rings (SSSR count). The Balaban J connectivity index is 0.00000156. The molecule has 0 spiro atoms. The molecule has 1 aromatic carbocycles. The molecule has 1 aliphatic heterocycles.